The first-order chi connectivity index (χ1) is 12.1. The standard InChI is InChI=1S/C19H28ClN3O2S/c1-18(2,3)15-22(5)16(24)19(11-12-26-6,23(15)17(25)21-4)13-7-9-14(20)10-8-13/h7-10,15H,11-12H2,1-6H3,(H,21,25). The van der Waals surface area contributed by atoms with Gasteiger partial charge in [0.05, 0.1) is 0 Å². The third-order valence-corrected chi connectivity index (χ3v) is 5.76. The van der Waals surface area contributed by atoms with Gasteiger partial charge in [0.15, 0.2) is 5.54 Å². The van der Waals surface area contributed by atoms with Gasteiger partial charge in [0, 0.05) is 24.5 Å². The summed E-state index contributed by atoms with van der Waals surface area (Å²) < 4.78 is 0. The molecule has 1 saturated heterocycles. The summed E-state index contributed by atoms with van der Waals surface area (Å²) in [5, 5.41) is 3.34. The molecule has 7 heteroatoms. The first kappa shape index (κ1) is 20.9. The molecule has 26 heavy (non-hydrogen) atoms. The molecule has 1 fully saturated rings. The molecule has 1 N–H and O–H groups in total. The Morgan fingerprint density at radius 2 is 1.88 bits per heavy atom. The summed E-state index contributed by atoms with van der Waals surface area (Å²) >= 11 is 7.73. The maximum atomic E-state index is 13.6. The van der Waals surface area contributed by atoms with Gasteiger partial charge in [0.25, 0.3) is 5.91 Å². The van der Waals surface area contributed by atoms with Gasteiger partial charge in [-0.3, -0.25) is 9.69 Å². The predicted molar refractivity (Wildman–Crippen MR) is 108 cm³/mol. The molecule has 2 unspecified atom stereocenters. The first-order valence-corrected chi connectivity index (χ1v) is 10.4. The molecule has 0 saturated carbocycles. The lowest BCUT2D eigenvalue weighted by molar-refractivity contribution is -0.133. The maximum Gasteiger partial charge on any atom is 0.319 e. The van der Waals surface area contributed by atoms with E-state index < -0.39 is 5.54 Å². The van der Waals surface area contributed by atoms with E-state index >= 15 is 0 Å². The highest BCUT2D eigenvalue weighted by atomic mass is 35.5. The summed E-state index contributed by atoms with van der Waals surface area (Å²) in [6.45, 7) is 6.14. The van der Waals surface area contributed by atoms with E-state index in [4.69, 9.17) is 11.6 Å². The van der Waals surface area contributed by atoms with Crippen molar-refractivity contribution in [2.45, 2.75) is 38.9 Å². The molecule has 1 aromatic carbocycles. The number of nitrogens with zero attached hydrogens (tertiary/aromatic N) is 2. The number of nitrogens with one attached hydrogen (secondary N) is 1. The number of urea groups is 1. The minimum Gasteiger partial charge on any atom is -0.341 e. The second kappa shape index (κ2) is 7.69. The van der Waals surface area contributed by atoms with Gasteiger partial charge in [-0.15, -0.1) is 0 Å². The molecule has 1 heterocycles. The van der Waals surface area contributed by atoms with E-state index in [1.165, 1.54) is 0 Å². The Morgan fingerprint density at radius 1 is 1.31 bits per heavy atom. The minimum atomic E-state index is -1.04. The van der Waals surface area contributed by atoms with E-state index in [2.05, 4.69) is 5.32 Å². The molecule has 1 aliphatic rings. The van der Waals surface area contributed by atoms with Crippen LogP contribution in [0, 0.1) is 5.41 Å². The zero-order valence-electron chi connectivity index (χ0n) is 16.3. The van der Waals surface area contributed by atoms with Crippen molar-refractivity contribution in [2.75, 3.05) is 26.1 Å². The van der Waals surface area contributed by atoms with Crippen molar-refractivity contribution in [3.05, 3.63) is 34.9 Å². The molecule has 144 valence electrons. The Kier molecular flexibility index (Phi) is 6.18. The van der Waals surface area contributed by atoms with Crippen molar-refractivity contribution < 1.29 is 9.59 Å². The average Bonchev–Trinajstić information content (AvgIpc) is 2.82. The molecule has 2 rings (SSSR count). The monoisotopic (exact) mass is 397 g/mol. The van der Waals surface area contributed by atoms with Crippen LogP contribution in [0.1, 0.15) is 32.8 Å². The Hall–Kier alpha value is -1.40. The fourth-order valence-electron chi connectivity index (χ4n) is 3.87. The van der Waals surface area contributed by atoms with Gasteiger partial charge in [-0.25, -0.2) is 4.79 Å². The number of benzene rings is 1. The highest BCUT2D eigenvalue weighted by Crippen LogP contribution is 2.47. The van der Waals surface area contributed by atoms with Crippen LogP contribution in [-0.2, 0) is 10.3 Å². The van der Waals surface area contributed by atoms with Crippen molar-refractivity contribution in [1.82, 2.24) is 15.1 Å². The van der Waals surface area contributed by atoms with Crippen molar-refractivity contribution in [2.24, 2.45) is 5.41 Å². The quantitative estimate of drug-likeness (QED) is 0.841. The number of amides is 3. The molecule has 1 aromatic rings. The van der Waals surface area contributed by atoms with Gasteiger partial charge in [-0.1, -0.05) is 44.5 Å². The van der Waals surface area contributed by atoms with Gasteiger partial charge in [0.2, 0.25) is 0 Å². The number of thioether (sulfide) groups is 1. The van der Waals surface area contributed by atoms with Crippen molar-refractivity contribution in [1.29, 1.82) is 0 Å². The number of halogens is 1. The van der Waals surface area contributed by atoms with Crippen LogP contribution in [0.25, 0.3) is 0 Å². The van der Waals surface area contributed by atoms with Gasteiger partial charge < -0.3 is 10.2 Å². The van der Waals surface area contributed by atoms with Gasteiger partial charge in [0.1, 0.15) is 6.17 Å². The van der Waals surface area contributed by atoms with Crippen molar-refractivity contribution in [3.63, 3.8) is 0 Å². The summed E-state index contributed by atoms with van der Waals surface area (Å²) in [4.78, 5) is 30.0. The Bertz CT molecular complexity index is 674. The molecule has 0 radical (unpaired) electrons. The Balaban J connectivity index is 2.74. The molecular weight excluding hydrogens is 370 g/mol. The van der Waals surface area contributed by atoms with E-state index in [0.717, 1.165) is 11.3 Å². The molecule has 2 atom stereocenters. The van der Waals surface area contributed by atoms with Crippen LogP contribution < -0.4 is 5.32 Å². The Morgan fingerprint density at radius 3 is 2.35 bits per heavy atom. The lowest BCUT2D eigenvalue weighted by Crippen LogP contribution is -2.57. The number of hydrogen-bond donors (Lipinski definition) is 1. The summed E-state index contributed by atoms with van der Waals surface area (Å²) in [5.74, 6) is 0.699. The van der Waals surface area contributed by atoms with Gasteiger partial charge in [-0.2, -0.15) is 11.8 Å². The summed E-state index contributed by atoms with van der Waals surface area (Å²) in [7, 11) is 3.39. The van der Waals surface area contributed by atoms with Gasteiger partial charge in [-0.05, 0) is 36.1 Å². The van der Waals surface area contributed by atoms with Crippen LogP contribution >= 0.6 is 23.4 Å². The number of likely N-dealkylation sites (N-methyl/N-ethyl adjacent to an activating group) is 1. The third kappa shape index (κ3) is 3.41. The second-order valence-corrected chi connectivity index (χ2v) is 9.11. The third-order valence-electron chi connectivity index (χ3n) is 4.89. The lowest BCUT2D eigenvalue weighted by atomic mass is 9.84. The number of hydrogen-bond acceptors (Lipinski definition) is 3. The fraction of sp³-hybridized carbons (Fsp3) is 0.579. The topological polar surface area (TPSA) is 52.7 Å². The van der Waals surface area contributed by atoms with Crippen molar-refractivity contribution >= 4 is 35.3 Å². The Labute approximate surface area is 165 Å². The second-order valence-electron chi connectivity index (χ2n) is 7.69. The van der Waals surface area contributed by atoms with E-state index in [9.17, 15) is 9.59 Å². The van der Waals surface area contributed by atoms with Crippen LogP contribution in [0.15, 0.2) is 24.3 Å². The highest BCUT2D eigenvalue weighted by molar-refractivity contribution is 7.98. The van der Waals surface area contributed by atoms with Crippen LogP contribution in [0.4, 0.5) is 4.79 Å². The highest BCUT2D eigenvalue weighted by Gasteiger charge is 2.61. The van der Waals surface area contributed by atoms with E-state index in [0.29, 0.717) is 11.4 Å². The SMILES string of the molecule is CNC(=O)N1C(C(C)(C)C)N(C)C(=O)C1(CCSC)c1ccc(Cl)cc1. The molecule has 0 spiro atoms. The molecular formula is C19H28ClN3O2S. The number of rotatable bonds is 4. The molecule has 0 bridgehead atoms. The van der Waals surface area contributed by atoms with E-state index in [1.807, 2.05) is 39.2 Å². The molecule has 5 nitrogen and oxygen atoms in total. The number of carbonyl (C=O) groups excluding carboxylic acids is 2. The van der Waals surface area contributed by atoms with E-state index in [1.54, 1.807) is 47.8 Å². The smallest absolute Gasteiger partial charge is 0.319 e. The molecule has 1 aliphatic heterocycles. The predicted octanol–water partition coefficient (Wildman–Crippen LogP) is 3.77. The van der Waals surface area contributed by atoms with E-state index in [-0.39, 0.29) is 23.5 Å². The lowest BCUT2D eigenvalue weighted by Gasteiger charge is -2.42. The molecule has 0 aromatic heterocycles. The fourth-order valence-corrected chi connectivity index (χ4v) is 4.50. The van der Waals surface area contributed by atoms with Crippen LogP contribution in [0.5, 0.6) is 0 Å². The molecule has 0 aliphatic carbocycles. The van der Waals surface area contributed by atoms with Crippen LogP contribution in [0.2, 0.25) is 5.02 Å². The van der Waals surface area contributed by atoms with Crippen molar-refractivity contribution in [3.8, 4) is 0 Å². The normalized spacial score (nSPS) is 23.5. The zero-order chi connectivity index (χ0) is 19.7. The first-order valence-electron chi connectivity index (χ1n) is 8.64. The van der Waals surface area contributed by atoms with Crippen LogP contribution in [0.3, 0.4) is 0 Å². The molecule has 3 amide bonds. The zero-order valence-corrected chi connectivity index (χ0v) is 17.9. The summed E-state index contributed by atoms with van der Waals surface area (Å²) in [6, 6.07) is 7.01. The largest absolute Gasteiger partial charge is 0.341 e. The maximum absolute atomic E-state index is 13.6. The minimum absolute atomic E-state index is 0.0580. The average molecular weight is 398 g/mol. The number of carbonyl (C=O) groups is 2. The summed E-state index contributed by atoms with van der Waals surface area (Å²) in [5.41, 5.74) is -0.548. The van der Waals surface area contributed by atoms with Crippen LogP contribution in [-0.4, -0.2) is 54.0 Å². The van der Waals surface area contributed by atoms with Gasteiger partial charge >= 0.3 is 6.03 Å². The summed E-state index contributed by atoms with van der Waals surface area (Å²) in [6.07, 6.45) is 2.19.